The summed E-state index contributed by atoms with van der Waals surface area (Å²) in [5, 5.41) is 0. The number of imidazole rings is 1. The fourth-order valence-electron chi connectivity index (χ4n) is 0.780. The van der Waals surface area contributed by atoms with Crippen LogP contribution in [0.15, 0.2) is 37.1 Å². The number of rotatable bonds is 0. The van der Waals surface area contributed by atoms with E-state index >= 15 is 0 Å². The van der Waals surface area contributed by atoms with Crippen molar-refractivity contribution in [3.63, 3.8) is 0 Å². The summed E-state index contributed by atoms with van der Waals surface area (Å²) in [5.41, 5.74) is 2.38. The maximum absolute atomic E-state index is 4.08. The molecule has 2 aromatic rings. The number of aryl methyl sites for hydroxylation is 2. The third-order valence-electron chi connectivity index (χ3n) is 1.68. The van der Waals surface area contributed by atoms with E-state index in [1.54, 1.807) is 18.7 Å². The molecule has 0 aliphatic rings. The zero-order valence-electron chi connectivity index (χ0n) is 7.86. The lowest BCUT2D eigenvalue weighted by Crippen LogP contribution is -1.81. The third kappa shape index (κ3) is 3.51. The molecule has 3 nitrogen and oxygen atoms in total. The van der Waals surface area contributed by atoms with Gasteiger partial charge in [-0.3, -0.25) is 4.98 Å². The molecule has 0 aromatic carbocycles. The van der Waals surface area contributed by atoms with E-state index in [1.165, 1.54) is 5.56 Å². The van der Waals surface area contributed by atoms with Crippen molar-refractivity contribution < 1.29 is 0 Å². The molecule has 68 valence electrons. The van der Waals surface area contributed by atoms with Gasteiger partial charge in [0.25, 0.3) is 0 Å². The average molecular weight is 175 g/mol. The number of nitrogens with one attached hydrogen (secondary N) is 1. The largest absolute Gasteiger partial charge is 0.351 e. The molecule has 0 amide bonds. The number of aromatic amines is 1. The summed E-state index contributed by atoms with van der Waals surface area (Å²) < 4.78 is 0. The summed E-state index contributed by atoms with van der Waals surface area (Å²) in [7, 11) is 0. The molecule has 0 unspecified atom stereocenters. The van der Waals surface area contributed by atoms with Gasteiger partial charge in [-0.1, -0.05) is 6.07 Å². The van der Waals surface area contributed by atoms with E-state index in [9.17, 15) is 0 Å². The van der Waals surface area contributed by atoms with Crippen molar-refractivity contribution in [2.45, 2.75) is 13.8 Å². The Morgan fingerprint density at radius 1 is 1.23 bits per heavy atom. The Kier molecular flexibility index (Phi) is 3.70. The van der Waals surface area contributed by atoms with Gasteiger partial charge in [-0.05, 0) is 25.5 Å². The van der Waals surface area contributed by atoms with E-state index in [-0.39, 0.29) is 0 Å². The van der Waals surface area contributed by atoms with Crippen molar-refractivity contribution in [1.82, 2.24) is 15.0 Å². The fourth-order valence-corrected chi connectivity index (χ4v) is 0.780. The molecule has 0 aliphatic heterocycles. The van der Waals surface area contributed by atoms with E-state index in [0.29, 0.717) is 0 Å². The average Bonchev–Trinajstić information content (AvgIpc) is 2.68. The zero-order valence-corrected chi connectivity index (χ0v) is 7.86. The molecule has 0 radical (unpaired) electrons. The van der Waals surface area contributed by atoms with E-state index < -0.39 is 0 Å². The van der Waals surface area contributed by atoms with Crippen LogP contribution in [-0.2, 0) is 0 Å². The highest BCUT2D eigenvalue weighted by molar-refractivity contribution is 5.15. The molecule has 0 spiro atoms. The number of aromatic nitrogens is 3. The molecule has 0 aliphatic carbocycles. The predicted molar refractivity (Wildman–Crippen MR) is 52.3 cm³/mol. The standard InChI is InChI=1S/C7H9N.C3H4N2/c1-6-4-3-5-8-7(6)2;1-2-5-3-4-1/h3-5H,1-2H3;1-3H,(H,4,5). The van der Waals surface area contributed by atoms with Gasteiger partial charge in [0.1, 0.15) is 0 Å². The number of pyridine rings is 1. The zero-order chi connectivity index (χ0) is 9.52. The molecule has 0 atom stereocenters. The highest BCUT2D eigenvalue weighted by atomic mass is 14.8. The molecule has 1 N–H and O–H groups in total. The van der Waals surface area contributed by atoms with E-state index in [2.05, 4.69) is 27.9 Å². The Morgan fingerprint density at radius 3 is 2.38 bits per heavy atom. The Hall–Kier alpha value is -1.64. The Bertz CT molecular complexity index is 289. The second-order valence-electron chi connectivity index (χ2n) is 2.67. The van der Waals surface area contributed by atoms with Crippen LogP contribution in [0.3, 0.4) is 0 Å². The molecule has 3 heteroatoms. The molecular weight excluding hydrogens is 162 g/mol. The molecule has 2 heterocycles. The SMILES string of the molecule is Cc1cccnc1C.c1c[nH]cn1. The minimum atomic E-state index is 1.12. The van der Waals surface area contributed by atoms with Crippen LogP contribution >= 0.6 is 0 Å². The number of H-pyrrole nitrogens is 1. The number of nitrogens with zero attached hydrogens (tertiary/aromatic N) is 2. The van der Waals surface area contributed by atoms with Crippen LogP contribution in [-0.4, -0.2) is 15.0 Å². The monoisotopic (exact) mass is 175 g/mol. The Morgan fingerprint density at radius 2 is 2.08 bits per heavy atom. The van der Waals surface area contributed by atoms with Crippen molar-refractivity contribution in [3.8, 4) is 0 Å². The molecule has 2 rings (SSSR count). The van der Waals surface area contributed by atoms with Crippen LogP contribution in [0, 0.1) is 13.8 Å². The fraction of sp³-hybridized carbons (Fsp3) is 0.200. The molecule has 2 aromatic heterocycles. The van der Waals surface area contributed by atoms with Crippen LogP contribution in [0.25, 0.3) is 0 Å². The predicted octanol–water partition coefficient (Wildman–Crippen LogP) is 2.11. The topological polar surface area (TPSA) is 41.6 Å². The Balaban J connectivity index is 0.000000145. The quantitative estimate of drug-likeness (QED) is 0.666. The van der Waals surface area contributed by atoms with Gasteiger partial charge in [0.15, 0.2) is 0 Å². The van der Waals surface area contributed by atoms with Crippen molar-refractivity contribution >= 4 is 0 Å². The maximum atomic E-state index is 4.08. The molecular formula is C10H13N3. The number of hydrogen-bond donors (Lipinski definition) is 1. The van der Waals surface area contributed by atoms with E-state index in [1.807, 2.05) is 19.2 Å². The summed E-state index contributed by atoms with van der Waals surface area (Å²) in [6, 6.07) is 4.00. The normalized spacial score (nSPS) is 8.77. The summed E-state index contributed by atoms with van der Waals surface area (Å²) in [6.07, 6.45) is 6.89. The van der Waals surface area contributed by atoms with E-state index in [4.69, 9.17) is 0 Å². The molecule has 0 saturated carbocycles. The first-order valence-electron chi connectivity index (χ1n) is 4.11. The minimum absolute atomic E-state index is 1.12. The van der Waals surface area contributed by atoms with Gasteiger partial charge in [-0.25, -0.2) is 4.98 Å². The number of hydrogen-bond acceptors (Lipinski definition) is 2. The smallest absolute Gasteiger partial charge is 0.0919 e. The van der Waals surface area contributed by atoms with Gasteiger partial charge >= 0.3 is 0 Å². The van der Waals surface area contributed by atoms with Gasteiger partial charge in [-0.2, -0.15) is 0 Å². The van der Waals surface area contributed by atoms with Gasteiger partial charge in [-0.15, -0.1) is 0 Å². The first kappa shape index (κ1) is 9.45. The molecule has 13 heavy (non-hydrogen) atoms. The first-order chi connectivity index (χ1) is 6.30. The van der Waals surface area contributed by atoms with Crippen molar-refractivity contribution in [2.24, 2.45) is 0 Å². The van der Waals surface area contributed by atoms with Crippen LogP contribution in [0.1, 0.15) is 11.3 Å². The third-order valence-corrected chi connectivity index (χ3v) is 1.68. The van der Waals surface area contributed by atoms with Gasteiger partial charge in [0, 0.05) is 24.3 Å². The molecule has 0 bridgehead atoms. The van der Waals surface area contributed by atoms with Crippen molar-refractivity contribution in [1.29, 1.82) is 0 Å². The van der Waals surface area contributed by atoms with Gasteiger partial charge in [0.2, 0.25) is 0 Å². The highest BCUT2D eigenvalue weighted by Gasteiger charge is 1.85. The van der Waals surface area contributed by atoms with Gasteiger partial charge < -0.3 is 4.98 Å². The maximum Gasteiger partial charge on any atom is 0.0919 e. The van der Waals surface area contributed by atoms with Crippen LogP contribution in [0.5, 0.6) is 0 Å². The lowest BCUT2D eigenvalue weighted by molar-refractivity contribution is 1.15. The minimum Gasteiger partial charge on any atom is -0.351 e. The summed E-state index contributed by atoms with van der Waals surface area (Å²) in [5.74, 6) is 0. The van der Waals surface area contributed by atoms with Crippen molar-refractivity contribution in [2.75, 3.05) is 0 Å². The van der Waals surface area contributed by atoms with Crippen LogP contribution in [0.4, 0.5) is 0 Å². The molecule has 0 saturated heterocycles. The lowest BCUT2D eigenvalue weighted by atomic mass is 10.2. The summed E-state index contributed by atoms with van der Waals surface area (Å²) >= 11 is 0. The highest BCUT2D eigenvalue weighted by Crippen LogP contribution is 1.98. The first-order valence-corrected chi connectivity index (χ1v) is 4.11. The van der Waals surface area contributed by atoms with Crippen molar-refractivity contribution in [3.05, 3.63) is 48.3 Å². The molecule has 0 fully saturated rings. The second kappa shape index (κ2) is 5.09. The van der Waals surface area contributed by atoms with Crippen LogP contribution in [0.2, 0.25) is 0 Å². The summed E-state index contributed by atoms with van der Waals surface area (Å²) in [6.45, 7) is 4.07. The Labute approximate surface area is 77.9 Å². The summed E-state index contributed by atoms with van der Waals surface area (Å²) in [4.78, 5) is 10.5. The lowest BCUT2D eigenvalue weighted by Gasteiger charge is -1.92. The second-order valence-corrected chi connectivity index (χ2v) is 2.67. The van der Waals surface area contributed by atoms with Crippen LogP contribution < -0.4 is 0 Å². The van der Waals surface area contributed by atoms with Gasteiger partial charge in [0.05, 0.1) is 6.33 Å². The van der Waals surface area contributed by atoms with E-state index in [0.717, 1.165) is 5.69 Å².